The van der Waals surface area contributed by atoms with Crippen LogP contribution in [0.3, 0.4) is 0 Å². The number of hydrogen-bond donors (Lipinski definition) is 0. The van der Waals surface area contributed by atoms with E-state index in [-0.39, 0.29) is 5.78 Å². The molecule has 0 fully saturated rings. The van der Waals surface area contributed by atoms with Crippen LogP contribution >= 0.6 is 15.9 Å². The monoisotopic (exact) mass is 390 g/mol. The van der Waals surface area contributed by atoms with Crippen molar-refractivity contribution in [1.82, 2.24) is 0 Å². The number of benzene rings is 3. The molecular formula is C22H15BrO2. The van der Waals surface area contributed by atoms with Crippen LogP contribution in [0.1, 0.15) is 21.7 Å². The molecule has 0 saturated heterocycles. The fourth-order valence-corrected chi connectivity index (χ4v) is 3.24. The zero-order valence-electron chi connectivity index (χ0n) is 13.6. The molecule has 0 bridgehead atoms. The fourth-order valence-electron chi connectivity index (χ4n) is 2.98. The molecule has 2 nitrogen and oxygen atoms in total. The summed E-state index contributed by atoms with van der Waals surface area (Å²) in [6.45, 7) is 1.93. The molecule has 25 heavy (non-hydrogen) atoms. The van der Waals surface area contributed by atoms with Gasteiger partial charge in [0.2, 0.25) is 5.78 Å². The minimum Gasteiger partial charge on any atom is -0.452 e. The smallest absolute Gasteiger partial charge is 0.228 e. The van der Waals surface area contributed by atoms with Gasteiger partial charge in [-0.25, -0.2) is 0 Å². The molecule has 4 aromatic rings. The Kier molecular flexibility index (Phi) is 4.02. The first-order valence-corrected chi connectivity index (χ1v) is 8.81. The average Bonchev–Trinajstić information content (AvgIpc) is 2.99. The van der Waals surface area contributed by atoms with Crippen molar-refractivity contribution in [2.24, 2.45) is 0 Å². The Balaban J connectivity index is 1.68. The van der Waals surface area contributed by atoms with E-state index in [1.165, 1.54) is 0 Å². The second-order valence-corrected chi connectivity index (χ2v) is 6.88. The molecule has 0 atom stereocenters. The van der Waals surface area contributed by atoms with Gasteiger partial charge in [-0.3, -0.25) is 4.79 Å². The molecule has 0 unspecified atom stereocenters. The number of ketones is 1. The largest absolute Gasteiger partial charge is 0.452 e. The molecule has 0 saturated carbocycles. The molecule has 1 heterocycles. The number of hydrogen-bond acceptors (Lipinski definition) is 2. The van der Waals surface area contributed by atoms with Gasteiger partial charge in [-0.2, -0.15) is 0 Å². The van der Waals surface area contributed by atoms with Crippen molar-refractivity contribution >= 4 is 32.7 Å². The van der Waals surface area contributed by atoms with Gasteiger partial charge in [0, 0.05) is 21.0 Å². The number of rotatable bonds is 3. The highest BCUT2D eigenvalue weighted by atomic mass is 79.9. The zero-order chi connectivity index (χ0) is 17.4. The van der Waals surface area contributed by atoms with Crippen LogP contribution in [0.25, 0.3) is 22.1 Å². The highest BCUT2D eigenvalue weighted by molar-refractivity contribution is 9.10. The molecule has 0 N–H and O–H groups in total. The number of furan rings is 1. The number of fused-ring (bicyclic) bond motifs is 1. The predicted octanol–water partition coefficient (Wildman–Crippen LogP) is 6.40. The van der Waals surface area contributed by atoms with Crippen LogP contribution in [0.5, 0.6) is 0 Å². The molecule has 0 aliphatic heterocycles. The van der Waals surface area contributed by atoms with Crippen molar-refractivity contribution in [2.75, 3.05) is 0 Å². The third-order valence-corrected chi connectivity index (χ3v) is 4.90. The summed E-state index contributed by atoms with van der Waals surface area (Å²) in [5, 5.41) is 0.984. The molecule has 0 amide bonds. The first kappa shape index (κ1) is 15.9. The molecule has 0 radical (unpaired) electrons. The van der Waals surface area contributed by atoms with Gasteiger partial charge >= 0.3 is 0 Å². The van der Waals surface area contributed by atoms with Crippen LogP contribution in [0.15, 0.2) is 81.7 Å². The average molecular weight is 391 g/mol. The van der Waals surface area contributed by atoms with E-state index < -0.39 is 0 Å². The predicted molar refractivity (Wildman–Crippen MR) is 104 cm³/mol. The number of aryl methyl sites for hydroxylation is 1. The SMILES string of the molecule is Cc1c(C(=O)c2ccc(-c3ccc(Br)cc3)cc2)oc2ccccc12. The van der Waals surface area contributed by atoms with Gasteiger partial charge in [0.25, 0.3) is 0 Å². The van der Waals surface area contributed by atoms with Gasteiger partial charge in [0.15, 0.2) is 5.76 Å². The maximum Gasteiger partial charge on any atom is 0.228 e. The van der Waals surface area contributed by atoms with E-state index in [0.717, 1.165) is 32.1 Å². The second kappa shape index (κ2) is 6.34. The summed E-state index contributed by atoms with van der Waals surface area (Å²) in [5.41, 5.74) is 4.45. The van der Waals surface area contributed by atoms with E-state index >= 15 is 0 Å². The maximum absolute atomic E-state index is 12.8. The molecule has 1 aromatic heterocycles. The Morgan fingerprint density at radius 3 is 2.08 bits per heavy atom. The van der Waals surface area contributed by atoms with E-state index in [1.807, 2.05) is 79.7 Å². The Labute approximate surface area is 154 Å². The highest BCUT2D eigenvalue weighted by Gasteiger charge is 2.18. The van der Waals surface area contributed by atoms with Gasteiger partial charge in [0.1, 0.15) is 5.58 Å². The Hall–Kier alpha value is -2.65. The molecule has 3 heteroatoms. The summed E-state index contributed by atoms with van der Waals surface area (Å²) in [7, 11) is 0. The van der Waals surface area contributed by atoms with Gasteiger partial charge < -0.3 is 4.42 Å². The van der Waals surface area contributed by atoms with Crippen LogP contribution in [-0.2, 0) is 0 Å². The highest BCUT2D eigenvalue weighted by Crippen LogP contribution is 2.28. The first-order chi connectivity index (χ1) is 12.1. The Morgan fingerprint density at radius 1 is 0.840 bits per heavy atom. The normalized spacial score (nSPS) is 11.0. The molecule has 122 valence electrons. The third-order valence-electron chi connectivity index (χ3n) is 4.37. The first-order valence-electron chi connectivity index (χ1n) is 8.02. The standard InChI is InChI=1S/C22H15BrO2/c1-14-19-4-2-3-5-20(19)25-22(14)21(24)17-8-6-15(7-9-17)16-10-12-18(23)13-11-16/h2-13H,1H3. The quantitative estimate of drug-likeness (QED) is 0.378. The lowest BCUT2D eigenvalue weighted by Gasteiger charge is -2.04. The lowest BCUT2D eigenvalue weighted by molar-refractivity contribution is 0.101. The van der Waals surface area contributed by atoms with Gasteiger partial charge in [-0.05, 0) is 36.2 Å². The lowest BCUT2D eigenvalue weighted by Crippen LogP contribution is -2.01. The zero-order valence-corrected chi connectivity index (χ0v) is 15.2. The summed E-state index contributed by atoms with van der Waals surface area (Å²) in [5.74, 6) is 0.327. The van der Waals surface area contributed by atoms with Crippen LogP contribution in [0.4, 0.5) is 0 Å². The minimum absolute atomic E-state index is 0.0870. The van der Waals surface area contributed by atoms with E-state index in [4.69, 9.17) is 4.42 Å². The molecular weight excluding hydrogens is 376 g/mol. The number of halogens is 1. The number of carbonyl (C=O) groups excluding carboxylic acids is 1. The van der Waals surface area contributed by atoms with Crippen molar-refractivity contribution in [2.45, 2.75) is 6.92 Å². The molecule has 0 aliphatic carbocycles. The minimum atomic E-state index is -0.0870. The van der Waals surface area contributed by atoms with E-state index in [1.54, 1.807) is 0 Å². The van der Waals surface area contributed by atoms with E-state index in [9.17, 15) is 4.79 Å². The van der Waals surface area contributed by atoms with Crippen molar-refractivity contribution in [1.29, 1.82) is 0 Å². The lowest BCUT2D eigenvalue weighted by atomic mass is 10.0. The van der Waals surface area contributed by atoms with Crippen LogP contribution < -0.4 is 0 Å². The molecule has 3 aromatic carbocycles. The van der Waals surface area contributed by atoms with E-state index in [0.29, 0.717) is 11.3 Å². The topological polar surface area (TPSA) is 30.2 Å². The third kappa shape index (κ3) is 2.92. The van der Waals surface area contributed by atoms with E-state index in [2.05, 4.69) is 15.9 Å². The summed E-state index contributed by atoms with van der Waals surface area (Å²) in [6.07, 6.45) is 0. The van der Waals surface area contributed by atoms with Gasteiger partial charge in [0.05, 0.1) is 0 Å². The van der Waals surface area contributed by atoms with Crippen LogP contribution in [-0.4, -0.2) is 5.78 Å². The van der Waals surface area contributed by atoms with Gasteiger partial charge in [-0.1, -0.05) is 70.5 Å². The van der Waals surface area contributed by atoms with Gasteiger partial charge in [-0.15, -0.1) is 0 Å². The van der Waals surface area contributed by atoms with Crippen molar-refractivity contribution in [3.63, 3.8) is 0 Å². The second-order valence-electron chi connectivity index (χ2n) is 5.97. The van der Waals surface area contributed by atoms with Crippen molar-refractivity contribution in [3.8, 4) is 11.1 Å². The molecule has 0 aliphatic rings. The van der Waals surface area contributed by atoms with Crippen molar-refractivity contribution in [3.05, 3.63) is 94.2 Å². The van der Waals surface area contributed by atoms with Crippen LogP contribution in [0, 0.1) is 6.92 Å². The molecule has 4 rings (SSSR count). The number of carbonyl (C=O) groups is 1. The number of para-hydroxylation sites is 1. The Bertz CT molecular complexity index is 1060. The summed E-state index contributed by atoms with van der Waals surface area (Å²) >= 11 is 3.44. The molecule has 0 spiro atoms. The Morgan fingerprint density at radius 2 is 1.44 bits per heavy atom. The maximum atomic E-state index is 12.8. The van der Waals surface area contributed by atoms with Crippen molar-refractivity contribution < 1.29 is 9.21 Å². The summed E-state index contributed by atoms with van der Waals surface area (Å²) < 4.78 is 6.83. The summed E-state index contributed by atoms with van der Waals surface area (Å²) in [6, 6.07) is 23.5. The van der Waals surface area contributed by atoms with Crippen LogP contribution in [0.2, 0.25) is 0 Å². The fraction of sp³-hybridized carbons (Fsp3) is 0.0455. The summed E-state index contributed by atoms with van der Waals surface area (Å²) in [4.78, 5) is 12.8.